The van der Waals surface area contributed by atoms with E-state index in [-0.39, 0.29) is 0 Å². The van der Waals surface area contributed by atoms with E-state index in [2.05, 4.69) is 4.98 Å². The lowest BCUT2D eigenvalue weighted by Gasteiger charge is -1.92. The fourth-order valence-corrected chi connectivity index (χ4v) is 2.14. The minimum atomic E-state index is -0.437. The molecule has 0 aliphatic carbocycles. The highest BCUT2D eigenvalue weighted by Gasteiger charge is 2.01. The summed E-state index contributed by atoms with van der Waals surface area (Å²) in [5, 5.41) is 0. The summed E-state index contributed by atoms with van der Waals surface area (Å²) in [5.74, 6) is -0.437. The summed E-state index contributed by atoms with van der Waals surface area (Å²) in [7, 11) is 0. The third-order valence-electron chi connectivity index (χ3n) is 1.96. The number of hydrogen-bond donors (Lipinski definition) is 1. The third kappa shape index (κ3) is 2.55. The zero-order valence-electron chi connectivity index (χ0n) is 8.46. The van der Waals surface area contributed by atoms with E-state index in [0.717, 1.165) is 15.4 Å². The largest absolute Gasteiger partial charge is 0.366 e. The van der Waals surface area contributed by atoms with Gasteiger partial charge in [0.15, 0.2) is 0 Å². The molecule has 2 heterocycles. The van der Waals surface area contributed by atoms with Crippen molar-refractivity contribution in [2.45, 2.75) is 0 Å². The van der Waals surface area contributed by atoms with E-state index in [0.29, 0.717) is 0 Å². The van der Waals surface area contributed by atoms with E-state index in [1.807, 2.05) is 30.3 Å². The van der Waals surface area contributed by atoms with Crippen LogP contribution in [0.1, 0.15) is 4.88 Å². The van der Waals surface area contributed by atoms with E-state index in [9.17, 15) is 4.79 Å². The lowest BCUT2D eigenvalue weighted by molar-refractivity contribution is -0.113. The van der Waals surface area contributed by atoms with Crippen LogP contribution in [0.4, 0.5) is 0 Å². The van der Waals surface area contributed by atoms with E-state index in [4.69, 9.17) is 5.73 Å². The van der Waals surface area contributed by atoms with Crippen molar-refractivity contribution < 1.29 is 4.79 Å². The SMILES string of the molecule is NC(=O)/C=C\c1ccc(-c2ccccn2)s1. The lowest BCUT2D eigenvalue weighted by atomic mass is 10.3. The van der Waals surface area contributed by atoms with Crippen LogP contribution in [0.2, 0.25) is 0 Å². The Labute approximate surface area is 97.3 Å². The minimum Gasteiger partial charge on any atom is -0.366 e. The van der Waals surface area contributed by atoms with Crippen LogP contribution in [0.15, 0.2) is 42.6 Å². The zero-order valence-corrected chi connectivity index (χ0v) is 9.28. The number of carbonyl (C=O) groups is 1. The molecule has 0 bridgehead atoms. The predicted octanol–water partition coefficient (Wildman–Crippen LogP) is 2.31. The molecule has 80 valence electrons. The van der Waals surface area contributed by atoms with Crippen LogP contribution in [-0.2, 0) is 4.79 Å². The van der Waals surface area contributed by atoms with Gasteiger partial charge >= 0.3 is 0 Å². The van der Waals surface area contributed by atoms with Crippen LogP contribution in [0.3, 0.4) is 0 Å². The van der Waals surface area contributed by atoms with Gasteiger partial charge in [0.2, 0.25) is 5.91 Å². The Morgan fingerprint density at radius 2 is 2.19 bits per heavy atom. The number of nitrogens with two attached hydrogens (primary N) is 1. The number of carbonyl (C=O) groups excluding carboxylic acids is 1. The number of primary amides is 1. The van der Waals surface area contributed by atoms with Gasteiger partial charge in [-0.15, -0.1) is 11.3 Å². The highest BCUT2D eigenvalue weighted by atomic mass is 32.1. The predicted molar refractivity (Wildman–Crippen MR) is 65.8 cm³/mol. The second kappa shape index (κ2) is 4.72. The molecule has 0 aliphatic heterocycles. The van der Waals surface area contributed by atoms with E-state index >= 15 is 0 Å². The molecule has 0 radical (unpaired) electrons. The summed E-state index contributed by atoms with van der Waals surface area (Å²) in [6.45, 7) is 0. The minimum absolute atomic E-state index is 0.437. The van der Waals surface area contributed by atoms with Crippen molar-refractivity contribution in [1.82, 2.24) is 4.98 Å². The maximum atomic E-state index is 10.6. The third-order valence-corrected chi connectivity index (χ3v) is 3.03. The zero-order chi connectivity index (χ0) is 11.4. The average molecular weight is 230 g/mol. The molecule has 2 aromatic rings. The first-order chi connectivity index (χ1) is 7.75. The number of hydrogen-bond acceptors (Lipinski definition) is 3. The van der Waals surface area contributed by atoms with Gasteiger partial charge in [-0.25, -0.2) is 0 Å². The van der Waals surface area contributed by atoms with Crippen LogP contribution >= 0.6 is 11.3 Å². The standard InChI is InChI=1S/C12H10N2OS/c13-12(15)7-5-9-4-6-11(16-9)10-3-1-2-8-14-10/h1-8H,(H2,13,15)/b7-5-. The molecule has 0 aromatic carbocycles. The van der Waals surface area contributed by atoms with Crippen molar-refractivity contribution in [3.63, 3.8) is 0 Å². The molecule has 0 aliphatic rings. The molecule has 3 nitrogen and oxygen atoms in total. The Bertz CT molecular complexity index is 517. The monoisotopic (exact) mass is 230 g/mol. The molecule has 0 fully saturated rings. The molecule has 0 saturated heterocycles. The molecule has 0 unspecified atom stereocenters. The number of thiophene rings is 1. The highest BCUT2D eigenvalue weighted by Crippen LogP contribution is 2.26. The van der Waals surface area contributed by atoms with Gasteiger partial charge in [0.1, 0.15) is 0 Å². The summed E-state index contributed by atoms with van der Waals surface area (Å²) < 4.78 is 0. The first kappa shape index (κ1) is 10.6. The van der Waals surface area contributed by atoms with Crippen LogP contribution in [-0.4, -0.2) is 10.9 Å². The number of aromatic nitrogens is 1. The number of pyridine rings is 1. The summed E-state index contributed by atoms with van der Waals surface area (Å²) in [5.41, 5.74) is 5.96. The molecule has 2 rings (SSSR count). The van der Waals surface area contributed by atoms with Gasteiger partial charge in [0.05, 0.1) is 10.6 Å². The summed E-state index contributed by atoms with van der Waals surface area (Å²) >= 11 is 1.57. The second-order valence-electron chi connectivity index (χ2n) is 3.15. The van der Waals surface area contributed by atoms with Gasteiger partial charge in [-0.2, -0.15) is 0 Å². The van der Waals surface area contributed by atoms with Gasteiger partial charge in [0, 0.05) is 17.2 Å². The lowest BCUT2D eigenvalue weighted by Crippen LogP contribution is -2.04. The first-order valence-corrected chi connectivity index (χ1v) is 5.56. The Morgan fingerprint density at radius 3 is 2.88 bits per heavy atom. The highest BCUT2D eigenvalue weighted by molar-refractivity contribution is 7.16. The molecule has 2 N–H and O–H groups in total. The Balaban J connectivity index is 2.23. The van der Waals surface area contributed by atoms with E-state index in [1.165, 1.54) is 6.08 Å². The Morgan fingerprint density at radius 1 is 1.31 bits per heavy atom. The number of amides is 1. The van der Waals surface area contributed by atoms with Crippen molar-refractivity contribution >= 4 is 23.3 Å². The van der Waals surface area contributed by atoms with Crippen LogP contribution in [0, 0.1) is 0 Å². The van der Waals surface area contributed by atoms with Crippen molar-refractivity contribution in [3.8, 4) is 10.6 Å². The topological polar surface area (TPSA) is 56.0 Å². The maximum Gasteiger partial charge on any atom is 0.241 e. The Hall–Kier alpha value is -1.94. The summed E-state index contributed by atoms with van der Waals surface area (Å²) in [6.07, 6.45) is 4.82. The number of nitrogens with zero attached hydrogens (tertiary/aromatic N) is 1. The molecule has 0 atom stereocenters. The molecule has 2 aromatic heterocycles. The molecular weight excluding hydrogens is 220 g/mol. The summed E-state index contributed by atoms with van der Waals surface area (Å²) in [6, 6.07) is 9.70. The first-order valence-electron chi connectivity index (χ1n) is 4.74. The number of rotatable bonds is 3. The summed E-state index contributed by atoms with van der Waals surface area (Å²) in [4.78, 5) is 16.9. The fourth-order valence-electron chi connectivity index (χ4n) is 1.25. The van der Waals surface area contributed by atoms with Crippen molar-refractivity contribution in [2.24, 2.45) is 5.73 Å². The normalized spacial score (nSPS) is 10.8. The maximum absolute atomic E-state index is 10.6. The molecule has 0 saturated carbocycles. The molecule has 16 heavy (non-hydrogen) atoms. The molecular formula is C12H10N2OS. The van der Waals surface area contributed by atoms with E-state index in [1.54, 1.807) is 23.6 Å². The second-order valence-corrected chi connectivity index (χ2v) is 4.27. The van der Waals surface area contributed by atoms with Gasteiger partial charge < -0.3 is 5.73 Å². The van der Waals surface area contributed by atoms with Gasteiger partial charge in [-0.05, 0) is 30.3 Å². The van der Waals surface area contributed by atoms with Crippen LogP contribution in [0.5, 0.6) is 0 Å². The van der Waals surface area contributed by atoms with Crippen molar-refractivity contribution in [2.75, 3.05) is 0 Å². The molecule has 0 spiro atoms. The van der Waals surface area contributed by atoms with Gasteiger partial charge in [-0.1, -0.05) is 6.07 Å². The smallest absolute Gasteiger partial charge is 0.241 e. The van der Waals surface area contributed by atoms with Gasteiger partial charge in [0.25, 0.3) is 0 Å². The molecule has 1 amide bonds. The van der Waals surface area contributed by atoms with Gasteiger partial charge in [-0.3, -0.25) is 9.78 Å². The Kier molecular flexibility index (Phi) is 3.12. The molecule has 4 heteroatoms. The quantitative estimate of drug-likeness (QED) is 0.822. The van der Waals surface area contributed by atoms with E-state index < -0.39 is 5.91 Å². The van der Waals surface area contributed by atoms with Crippen LogP contribution in [0.25, 0.3) is 16.6 Å². The fraction of sp³-hybridized carbons (Fsp3) is 0. The van der Waals surface area contributed by atoms with Crippen LogP contribution < -0.4 is 5.73 Å². The van der Waals surface area contributed by atoms with Crippen molar-refractivity contribution in [1.29, 1.82) is 0 Å². The van der Waals surface area contributed by atoms with Crippen molar-refractivity contribution in [3.05, 3.63) is 47.5 Å². The average Bonchev–Trinajstić information content (AvgIpc) is 2.76.